The zero-order valence-corrected chi connectivity index (χ0v) is 16.2. The molecule has 27 heavy (non-hydrogen) atoms. The Morgan fingerprint density at radius 1 is 1.22 bits per heavy atom. The summed E-state index contributed by atoms with van der Waals surface area (Å²) in [5.41, 5.74) is 2.86. The molecule has 1 aliphatic rings. The lowest BCUT2D eigenvalue weighted by Gasteiger charge is -2.12. The Bertz CT molecular complexity index is 1030. The summed E-state index contributed by atoms with van der Waals surface area (Å²) in [7, 11) is -2.86. The molecule has 0 bridgehead atoms. The number of nitrogens with zero attached hydrogens (tertiary/aromatic N) is 4. The third kappa shape index (κ3) is 4.23. The van der Waals surface area contributed by atoms with E-state index in [0.29, 0.717) is 24.5 Å². The highest BCUT2D eigenvalue weighted by atomic mass is 35.5. The van der Waals surface area contributed by atoms with Crippen LogP contribution in [0.5, 0.6) is 0 Å². The van der Waals surface area contributed by atoms with Gasteiger partial charge in [0.2, 0.25) is 0 Å². The van der Waals surface area contributed by atoms with Gasteiger partial charge in [-0.1, -0.05) is 11.6 Å². The van der Waals surface area contributed by atoms with E-state index >= 15 is 0 Å². The standard InChI is InChI=1S/C18H20ClN5O2S/c19-15-1-3-17(4-2-15)24-11-14(9-22-24)18-10-20-13-23(18)7-6-21-16-5-8-27(25,26)12-16/h1-4,9-11,13,16,21H,5-8,12H2/t16-/m1/s1. The van der Waals surface area contributed by atoms with Crippen molar-refractivity contribution in [3.05, 3.63) is 54.2 Å². The molecule has 1 atom stereocenters. The maximum Gasteiger partial charge on any atom is 0.151 e. The van der Waals surface area contributed by atoms with Crippen molar-refractivity contribution in [3.63, 3.8) is 0 Å². The van der Waals surface area contributed by atoms with Crippen LogP contribution in [0.25, 0.3) is 16.9 Å². The predicted molar refractivity (Wildman–Crippen MR) is 105 cm³/mol. The Labute approximate surface area is 162 Å². The van der Waals surface area contributed by atoms with Crippen LogP contribution in [0.3, 0.4) is 0 Å². The average Bonchev–Trinajstić information content (AvgIpc) is 3.35. The molecule has 0 spiro atoms. The summed E-state index contributed by atoms with van der Waals surface area (Å²) in [5, 5.41) is 8.44. The SMILES string of the molecule is O=S1(=O)CC[C@@H](NCCn2cncc2-c2cnn(-c3ccc(Cl)cc3)c2)C1. The number of halogens is 1. The monoisotopic (exact) mass is 405 g/mol. The molecule has 3 heterocycles. The Morgan fingerprint density at radius 2 is 2.04 bits per heavy atom. The number of sulfone groups is 1. The first-order valence-electron chi connectivity index (χ1n) is 8.75. The van der Waals surface area contributed by atoms with Gasteiger partial charge in [-0.05, 0) is 30.7 Å². The van der Waals surface area contributed by atoms with Crippen molar-refractivity contribution in [2.45, 2.75) is 19.0 Å². The van der Waals surface area contributed by atoms with E-state index in [0.717, 1.165) is 16.9 Å². The van der Waals surface area contributed by atoms with Crippen molar-refractivity contribution in [3.8, 4) is 16.9 Å². The quantitative estimate of drug-likeness (QED) is 0.679. The van der Waals surface area contributed by atoms with E-state index in [-0.39, 0.29) is 17.5 Å². The van der Waals surface area contributed by atoms with Crippen molar-refractivity contribution in [2.24, 2.45) is 0 Å². The molecule has 2 aromatic heterocycles. The Morgan fingerprint density at radius 3 is 2.78 bits per heavy atom. The van der Waals surface area contributed by atoms with E-state index in [1.54, 1.807) is 17.2 Å². The molecule has 1 N–H and O–H groups in total. The van der Waals surface area contributed by atoms with E-state index in [4.69, 9.17) is 11.6 Å². The lowest BCUT2D eigenvalue weighted by molar-refractivity contribution is 0.521. The normalized spacial score (nSPS) is 18.8. The van der Waals surface area contributed by atoms with Gasteiger partial charge in [0.15, 0.2) is 9.84 Å². The minimum atomic E-state index is -2.86. The summed E-state index contributed by atoms with van der Waals surface area (Å²) >= 11 is 5.94. The molecule has 1 fully saturated rings. The third-order valence-corrected chi connectivity index (χ3v) is 6.72. The van der Waals surface area contributed by atoms with Gasteiger partial charge in [0.1, 0.15) is 0 Å². The molecule has 0 aliphatic carbocycles. The van der Waals surface area contributed by atoms with Crippen molar-refractivity contribution in [1.29, 1.82) is 0 Å². The van der Waals surface area contributed by atoms with Gasteiger partial charge in [-0.15, -0.1) is 0 Å². The number of benzene rings is 1. The highest BCUT2D eigenvalue weighted by Crippen LogP contribution is 2.21. The van der Waals surface area contributed by atoms with Gasteiger partial charge in [-0.2, -0.15) is 5.10 Å². The fourth-order valence-electron chi connectivity index (χ4n) is 3.27. The maximum atomic E-state index is 11.5. The number of rotatable bonds is 6. The second-order valence-corrected chi connectivity index (χ2v) is 9.34. The second kappa shape index (κ2) is 7.46. The van der Waals surface area contributed by atoms with Crippen LogP contribution in [0, 0.1) is 0 Å². The topological polar surface area (TPSA) is 81.8 Å². The molecule has 0 amide bonds. The van der Waals surface area contributed by atoms with Crippen LogP contribution in [0.15, 0.2) is 49.2 Å². The van der Waals surface area contributed by atoms with Gasteiger partial charge < -0.3 is 9.88 Å². The average molecular weight is 406 g/mol. The number of imidazole rings is 1. The van der Waals surface area contributed by atoms with Gasteiger partial charge >= 0.3 is 0 Å². The highest BCUT2D eigenvalue weighted by Gasteiger charge is 2.27. The Kier molecular flexibility index (Phi) is 5.03. The summed E-state index contributed by atoms with van der Waals surface area (Å²) in [5.74, 6) is 0.516. The molecule has 9 heteroatoms. The highest BCUT2D eigenvalue weighted by molar-refractivity contribution is 7.91. The van der Waals surface area contributed by atoms with Crippen molar-refractivity contribution < 1.29 is 8.42 Å². The fraction of sp³-hybridized carbons (Fsp3) is 0.333. The molecule has 142 valence electrons. The first-order chi connectivity index (χ1) is 13.0. The molecule has 1 aromatic carbocycles. The molecule has 0 unspecified atom stereocenters. The first-order valence-corrected chi connectivity index (χ1v) is 10.9. The summed E-state index contributed by atoms with van der Waals surface area (Å²) in [6, 6.07) is 7.54. The second-order valence-electron chi connectivity index (χ2n) is 6.68. The summed E-state index contributed by atoms with van der Waals surface area (Å²) < 4.78 is 26.9. The van der Waals surface area contributed by atoms with Crippen molar-refractivity contribution >= 4 is 21.4 Å². The zero-order valence-electron chi connectivity index (χ0n) is 14.6. The largest absolute Gasteiger partial charge is 0.329 e. The van der Waals surface area contributed by atoms with E-state index in [1.807, 2.05) is 41.2 Å². The Hall–Kier alpha value is -2.16. The number of aromatic nitrogens is 4. The summed E-state index contributed by atoms with van der Waals surface area (Å²) in [6.07, 6.45) is 8.03. The van der Waals surface area contributed by atoms with Crippen LogP contribution in [0.1, 0.15) is 6.42 Å². The minimum absolute atomic E-state index is 0.0506. The molecular formula is C18H20ClN5O2S. The predicted octanol–water partition coefficient (Wildman–Crippen LogP) is 2.17. The summed E-state index contributed by atoms with van der Waals surface area (Å²) in [6.45, 7) is 1.40. The molecule has 7 nitrogen and oxygen atoms in total. The fourth-order valence-corrected chi connectivity index (χ4v) is 5.11. The number of hydrogen-bond acceptors (Lipinski definition) is 5. The Balaban J connectivity index is 1.42. The van der Waals surface area contributed by atoms with Crippen molar-refractivity contribution in [1.82, 2.24) is 24.6 Å². The van der Waals surface area contributed by atoms with Crippen LogP contribution >= 0.6 is 11.6 Å². The van der Waals surface area contributed by atoms with Crippen LogP contribution in [-0.2, 0) is 16.4 Å². The smallest absolute Gasteiger partial charge is 0.151 e. The van der Waals surface area contributed by atoms with Gasteiger partial charge in [0, 0.05) is 35.9 Å². The lowest BCUT2D eigenvalue weighted by atomic mass is 10.2. The van der Waals surface area contributed by atoms with Crippen LogP contribution in [-0.4, -0.2) is 51.8 Å². The van der Waals surface area contributed by atoms with Crippen molar-refractivity contribution in [2.75, 3.05) is 18.1 Å². The number of hydrogen-bond donors (Lipinski definition) is 1. The molecule has 4 rings (SSSR count). The van der Waals surface area contributed by atoms with E-state index in [9.17, 15) is 8.42 Å². The minimum Gasteiger partial charge on any atom is -0.329 e. The summed E-state index contributed by atoms with van der Waals surface area (Å²) in [4.78, 5) is 4.25. The van der Waals surface area contributed by atoms with E-state index in [2.05, 4.69) is 15.4 Å². The van der Waals surface area contributed by atoms with Gasteiger partial charge in [0.25, 0.3) is 0 Å². The first kappa shape index (κ1) is 18.2. The third-order valence-electron chi connectivity index (χ3n) is 4.70. The van der Waals surface area contributed by atoms with Gasteiger partial charge in [-0.25, -0.2) is 18.1 Å². The molecular weight excluding hydrogens is 386 g/mol. The van der Waals surface area contributed by atoms with Gasteiger partial charge in [-0.3, -0.25) is 0 Å². The molecule has 1 aliphatic heterocycles. The lowest BCUT2D eigenvalue weighted by Crippen LogP contribution is -2.32. The van der Waals surface area contributed by atoms with Crippen LogP contribution in [0.4, 0.5) is 0 Å². The van der Waals surface area contributed by atoms with Crippen LogP contribution in [0.2, 0.25) is 5.02 Å². The van der Waals surface area contributed by atoms with Crippen LogP contribution < -0.4 is 5.32 Å². The molecule has 3 aromatic rings. The molecule has 1 saturated heterocycles. The number of nitrogens with one attached hydrogen (secondary N) is 1. The maximum absolute atomic E-state index is 11.5. The van der Waals surface area contributed by atoms with E-state index in [1.165, 1.54) is 0 Å². The molecule has 0 radical (unpaired) electrons. The van der Waals surface area contributed by atoms with Gasteiger partial charge in [0.05, 0.1) is 41.6 Å². The zero-order chi connectivity index (χ0) is 18.9. The molecule has 0 saturated carbocycles. The van der Waals surface area contributed by atoms with E-state index < -0.39 is 9.84 Å².